The zero-order chi connectivity index (χ0) is 13.1. The van der Waals surface area contributed by atoms with E-state index in [4.69, 9.17) is 11.6 Å². The molecule has 0 amide bonds. The first-order valence-electron chi connectivity index (χ1n) is 6.74. The van der Waals surface area contributed by atoms with E-state index in [0.29, 0.717) is 12.1 Å². The molecule has 1 aliphatic heterocycles. The fraction of sp³-hybridized carbons (Fsp3) is 0.714. The summed E-state index contributed by atoms with van der Waals surface area (Å²) >= 11 is 7.63. The summed E-state index contributed by atoms with van der Waals surface area (Å²) in [5, 5.41) is 3.72. The highest BCUT2D eigenvalue weighted by Crippen LogP contribution is 2.23. The van der Waals surface area contributed by atoms with Gasteiger partial charge in [0.1, 0.15) is 0 Å². The summed E-state index contributed by atoms with van der Waals surface area (Å²) < 4.78 is 0.895. The van der Waals surface area contributed by atoms with Gasteiger partial charge in [0.2, 0.25) is 0 Å². The molecule has 0 aromatic carbocycles. The molecule has 0 spiro atoms. The van der Waals surface area contributed by atoms with Gasteiger partial charge in [0.15, 0.2) is 0 Å². The maximum atomic E-state index is 5.94. The van der Waals surface area contributed by atoms with E-state index in [1.54, 1.807) is 11.3 Å². The van der Waals surface area contributed by atoms with E-state index in [9.17, 15) is 0 Å². The van der Waals surface area contributed by atoms with Gasteiger partial charge in [-0.05, 0) is 44.9 Å². The second-order valence-corrected chi connectivity index (χ2v) is 7.32. The van der Waals surface area contributed by atoms with Crippen molar-refractivity contribution in [1.29, 1.82) is 0 Å². The minimum atomic E-state index is 0.659. The smallest absolute Gasteiger partial charge is 0.0931 e. The Morgan fingerprint density at radius 1 is 1.44 bits per heavy atom. The van der Waals surface area contributed by atoms with Crippen molar-refractivity contribution in [2.24, 2.45) is 5.92 Å². The summed E-state index contributed by atoms with van der Waals surface area (Å²) in [5.74, 6) is 0.734. The minimum absolute atomic E-state index is 0.659. The number of thiophene rings is 1. The van der Waals surface area contributed by atoms with E-state index >= 15 is 0 Å². The van der Waals surface area contributed by atoms with E-state index in [2.05, 4.69) is 37.2 Å². The Labute approximate surface area is 119 Å². The van der Waals surface area contributed by atoms with Crippen LogP contribution >= 0.6 is 22.9 Å². The van der Waals surface area contributed by atoms with Crippen LogP contribution in [0, 0.1) is 5.92 Å². The topological polar surface area (TPSA) is 15.3 Å². The molecule has 1 aliphatic rings. The molecule has 2 heterocycles. The normalized spacial score (nSPS) is 29.7. The summed E-state index contributed by atoms with van der Waals surface area (Å²) in [6.45, 7) is 6.92. The third-order valence-corrected chi connectivity index (χ3v) is 5.31. The number of hydrogen-bond acceptors (Lipinski definition) is 3. The van der Waals surface area contributed by atoms with Crippen molar-refractivity contribution in [2.75, 3.05) is 20.1 Å². The van der Waals surface area contributed by atoms with Crippen LogP contribution < -0.4 is 5.32 Å². The molecule has 2 nitrogen and oxygen atoms in total. The van der Waals surface area contributed by atoms with Crippen molar-refractivity contribution in [3.05, 3.63) is 21.3 Å². The molecule has 3 unspecified atom stereocenters. The highest BCUT2D eigenvalue weighted by molar-refractivity contribution is 7.16. The molecule has 2 rings (SSSR count). The predicted molar refractivity (Wildman–Crippen MR) is 80.7 cm³/mol. The van der Waals surface area contributed by atoms with Crippen LogP contribution in [0.1, 0.15) is 25.1 Å². The fourth-order valence-electron chi connectivity index (χ4n) is 2.69. The number of halogens is 1. The molecule has 102 valence electrons. The summed E-state index contributed by atoms with van der Waals surface area (Å²) in [7, 11) is 2.23. The molecule has 1 N–H and O–H groups in total. The standard InChI is InChI=1S/C14H23ClN2S/c1-10-9-17(3)11(2)8-13(10)16-7-6-12-4-5-14(15)18-12/h4-5,10-11,13,16H,6-9H2,1-3H3. The van der Waals surface area contributed by atoms with Gasteiger partial charge in [0, 0.05) is 30.1 Å². The molecule has 4 heteroatoms. The van der Waals surface area contributed by atoms with E-state index in [1.807, 2.05) is 6.07 Å². The molecular formula is C14H23ClN2S. The Morgan fingerprint density at radius 3 is 2.89 bits per heavy atom. The summed E-state index contributed by atoms with van der Waals surface area (Å²) in [5.41, 5.74) is 0. The lowest BCUT2D eigenvalue weighted by atomic mass is 9.90. The van der Waals surface area contributed by atoms with Gasteiger partial charge in [0.05, 0.1) is 4.34 Å². The average Bonchev–Trinajstić information content (AvgIpc) is 2.71. The van der Waals surface area contributed by atoms with Gasteiger partial charge < -0.3 is 10.2 Å². The van der Waals surface area contributed by atoms with E-state index < -0.39 is 0 Å². The van der Waals surface area contributed by atoms with Crippen LogP contribution in [-0.4, -0.2) is 37.1 Å². The minimum Gasteiger partial charge on any atom is -0.313 e. The molecule has 0 radical (unpaired) electrons. The number of hydrogen-bond donors (Lipinski definition) is 1. The lowest BCUT2D eigenvalue weighted by molar-refractivity contribution is 0.122. The van der Waals surface area contributed by atoms with Crippen molar-refractivity contribution < 1.29 is 0 Å². The molecule has 1 saturated heterocycles. The van der Waals surface area contributed by atoms with E-state index in [-0.39, 0.29) is 0 Å². The largest absolute Gasteiger partial charge is 0.313 e. The lowest BCUT2D eigenvalue weighted by Gasteiger charge is -2.40. The Bertz CT molecular complexity index is 380. The van der Waals surface area contributed by atoms with Gasteiger partial charge in [-0.1, -0.05) is 18.5 Å². The first-order chi connectivity index (χ1) is 8.56. The molecule has 1 aromatic heterocycles. The van der Waals surface area contributed by atoms with Crippen molar-refractivity contribution in [2.45, 2.75) is 38.8 Å². The Hall–Kier alpha value is -0.0900. The Kier molecular flexibility index (Phi) is 5.07. The van der Waals surface area contributed by atoms with Crippen LogP contribution in [0.4, 0.5) is 0 Å². The van der Waals surface area contributed by atoms with Crippen molar-refractivity contribution in [1.82, 2.24) is 10.2 Å². The van der Waals surface area contributed by atoms with Gasteiger partial charge in [0.25, 0.3) is 0 Å². The third-order valence-electron chi connectivity index (χ3n) is 4.02. The number of piperidine rings is 1. The average molecular weight is 287 g/mol. The zero-order valence-corrected chi connectivity index (χ0v) is 13.0. The highest BCUT2D eigenvalue weighted by Gasteiger charge is 2.28. The first kappa shape index (κ1) is 14.3. The molecule has 18 heavy (non-hydrogen) atoms. The van der Waals surface area contributed by atoms with Gasteiger partial charge in [-0.15, -0.1) is 11.3 Å². The van der Waals surface area contributed by atoms with Crippen LogP contribution in [0.25, 0.3) is 0 Å². The molecule has 3 atom stereocenters. The van der Waals surface area contributed by atoms with E-state index in [0.717, 1.165) is 23.2 Å². The van der Waals surface area contributed by atoms with Crippen LogP contribution in [0.5, 0.6) is 0 Å². The van der Waals surface area contributed by atoms with Gasteiger partial charge >= 0.3 is 0 Å². The number of likely N-dealkylation sites (tertiary alicyclic amines) is 1. The second kappa shape index (κ2) is 6.38. The van der Waals surface area contributed by atoms with Gasteiger partial charge in [-0.3, -0.25) is 0 Å². The summed E-state index contributed by atoms with van der Waals surface area (Å²) in [6, 6.07) is 5.47. The Balaban J connectivity index is 1.76. The number of nitrogens with one attached hydrogen (secondary N) is 1. The molecular weight excluding hydrogens is 264 g/mol. The molecule has 0 aliphatic carbocycles. The van der Waals surface area contributed by atoms with Gasteiger partial charge in [-0.2, -0.15) is 0 Å². The quantitative estimate of drug-likeness (QED) is 0.914. The monoisotopic (exact) mass is 286 g/mol. The predicted octanol–water partition coefficient (Wildman–Crippen LogP) is 3.26. The van der Waals surface area contributed by atoms with Crippen LogP contribution in [-0.2, 0) is 6.42 Å². The highest BCUT2D eigenvalue weighted by atomic mass is 35.5. The van der Waals surface area contributed by atoms with Crippen LogP contribution in [0.2, 0.25) is 4.34 Å². The van der Waals surface area contributed by atoms with Crippen molar-refractivity contribution in [3.8, 4) is 0 Å². The maximum Gasteiger partial charge on any atom is 0.0931 e. The zero-order valence-electron chi connectivity index (χ0n) is 11.4. The molecule has 0 saturated carbocycles. The van der Waals surface area contributed by atoms with Crippen LogP contribution in [0.3, 0.4) is 0 Å². The fourth-order valence-corrected chi connectivity index (χ4v) is 3.78. The van der Waals surface area contributed by atoms with E-state index in [1.165, 1.54) is 17.8 Å². The van der Waals surface area contributed by atoms with Crippen molar-refractivity contribution in [3.63, 3.8) is 0 Å². The third kappa shape index (κ3) is 3.70. The Morgan fingerprint density at radius 2 is 2.22 bits per heavy atom. The molecule has 1 fully saturated rings. The van der Waals surface area contributed by atoms with Gasteiger partial charge in [-0.25, -0.2) is 0 Å². The summed E-state index contributed by atoms with van der Waals surface area (Å²) in [4.78, 5) is 3.84. The number of rotatable bonds is 4. The second-order valence-electron chi connectivity index (χ2n) is 5.52. The molecule has 1 aromatic rings. The first-order valence-corrected chi connectivity index (χ1v) is 7.93. The van der Waals surface area contributed by atoms with Crippen LogP contribution in [0.15, 0.2) is 12.1 Å². The maximum absolute atomic E-state index is 5.94. The SMILES string of the molecule is CC1CN(C)C(C)CC1NCCc1ccc(Cl)s1. The summed E-state index contributed by atoms with van der Waals surface area (Å²) in [6.07, 6.45) is 2.34. The lowest BCUT2D eigenvalue weighted by Crippen LogP contribution is -2.51. The number of nitrogens with zero attached hydrogens (tertiary/aromatic N) is 1. The molecule has 0 bridgehead atoms. The van der Waals surface area contributed by atoms with Crippen molar-refractivity contribution >= 4 is 22.9 Å².